The molecule has 4 nitrogen and oxygen atoms in total. The van der Waals surface area contributed by atoms with Crippen molar-refractivity contribution in [1.82, 2.24) is 0 Å². The van der Waals surface area contributed by atoms with Crippen LogP contribution >= 0.6 is 0 Å². The highest BCUT2D eigenvalue weighted by molar-refractivity contribution is 6.02. The van der Waals surface area contributed by atoms with Gasteiger partial charge in [-0.1, -0.05) is 0 Å². The van der Waals surface area contributed by atoms with E-state index in [9.17, 15) is 22.8 Å². The Bertz CT molecular complexity index is 525. The van der Waals surface area contributed by atoms with E-state index >= 15 is 0 Å². The maximum absolute atomic E-state index is 11.8. The average Bonchev–Trinajstić information content (AvgIpc) is 2.65. The van der Waals surface area contributed by atoms with E-state index in [1.807, 2.05) is 0 Å². The minimum Gasteiger partial charge on any atom is -0.364 e. The van der Waals surface area contributed by atoms with Gasteiger partial charge in [0.1, 0.15) is 13.2 Å². The highest BCUT2D eigenvalue weighted by Gasteiger charge is 2.28. The second-order valence-corrected chi connectivity index (χ2v) is 4.13. The van der Waals surface area contributed by atoms with Gasteiger partial charge in [0.25, 0.3) is 0 Å². The number of alkyl halides is 3. The molecule has 2 rings (SSSR count). The zero-order valence-corrected chi connectivity index (χ0v) is 9.71. The van der Waals surface area contributed by atoms with E-state index in [4.69, 9.17) is 0 Å². The van der Waals surface area contributed by atoms with Crippen LogP contribution in [0.1, 0.15) is 15.9 Å². The van der Waals surface area contributed by atoms with E-state index < -0.39 is 25.2 Å². The minimum atomic E-state index is -4.45. The number of carbonyl (C=O) groups is 2. The Hall–Kier alpha value is -1.89. The maximum Gasteiger partial charge on any atom is 0.411 e. The minimum absolute atomic E-state index is 0.167. The first kappa shape index (κ1) is 13.5. The van der Waals surface area contributed by atoms with E-state index in [1.54, 1.807) is 6.07 Å². The lowest BCUT2D eigenvalue weighted by molar-refractivity contribution is -0.170. The summed E-state index contributed by atoms with van der Waals surface area (Å²) in [6.45, 7) is -2.09. The van der Waals surface area contributed by atoms with Crippen LogP contribution in [0.25, 0.3) is 0 Å². The lowest BCUT2D eigenvalue weighted by Crippen LogP contribution is -2.20. The number of benzene rings is 1. The van der Waals surface area contributed by atoms with Crippen molar-refractivity contribution in [2.45, 2.75) is 12.6 Å². The number of halogens is 3. The molecular weight excluding hydrogens is 263 g/mol. The number of fused-ring (bicyclic) bond motifs is 1. The molecular formula is C12H10F3NO3. The van der Waals surface area contributed by atoms with Gasteiger partial charge in [-0.3, -0.25) is 9.59 Å². The first-order valence-corrected chi connectivity index (χ1v) is 5.45. The molecule has 0 saturated carbocycles. The predicted octanol–water partition coefficient (Wildman–Crippen LogP) is 1.94. The fourth-order valence-corrected chi connectivity index (χ4v) is 1.75. The van der Waals surface area contributed by atoms with Crippen molar-refractivity contribution in [1.29, 1.82) is 0 Å². The Morgan fingerprint density at radius 1 is 1.37 bits per heavy atom. The summed E-state index contributed by atoms with van der Waals surface area (Å²) in [6.07, 6.45) is -4.28. The van der Waals surface area contributed by atoms with E-state index in [2.05, 4.69) is 10.1 Å². The average molecular weight is 273 g/mol. The number of hydrogen-bond acceptors (Lipinski definition) is 3. The Morgan fingerprint density at radius 2 is 2.11 bits per heavy atom. The molecule has 1 aromatic carbocycles. The van der Waals surface area contributed by atoms with Crippen LogP contribution in [0.5, 0.6) is 0 Å². The van der Waals surface area contributed by atoms with Crippen LogP contribution in [0.2, 0.25) is 0 Å². The molecule has 19 heavy (non-hydrogen) atoms. The highest BCUT2D eigenvalue weighted by Crippen LogP contribution is 2.24. The van der Waals surface area contributed by atoms with Gasteiger partial charge >= 0.3 is 6.18 Å². The van der Waals surface area contributed by atoms with Crippen LogP contribution in [-0.2, 0) is 16.0 Å². The number of amides is 1. The van der Waals surface area contributed by atoms with Crippen molar-refractivity contribution >= 4 is 17.4 Å². The summed E-state index contributed by atoms with van der Waals surface area (Å²) < 4.78 is 39.8. The molecule has 0 fully saturated rings. The summed E-state index contributed by atoms with van der Waals surface area (Å²) in [4.78, 5) is 22.7. The number of ketones is 1. The van der Waals surface area contributed by atoms with Crippen LogP contribution < -0.4 is 5.32 Å². The molecule has 0 unspecified atom stereocenters. The van der Waals surface area contributed by atoms with E-state index in [0.29, 0.717) is 11.3 Å². The van der Waals surface area contributed by atoms with E-state index in [-0.39, 0.29) is 17.9 Å². The second kappa shape index (κ2) is 5.00. The third-order valence-corrected chi connectivity index (χ3v) is 2.55. The first-order valence-electron chi connectivity index (χ1n) is 5.45. The van der Waals surface area contributed by atoms with E-state index in [0.717, 1.165) is 0 Å². The summed E-state index contributed by atoms with van der Waals surface area (Å²) in [5, 5.41) is 2.60. The largest absolute Gasteiger partial charge is 0.411 e. The standard InChI is InChI=1S/C12H10F3NO3/c13-12(14,15)6-19-5-10(17)7-1-2-9-8(3-7)4-11(18)16-9/h1-3H,4-6H2,(H,16,18). The molecule has 0 aliphatic carbocycles. The number of Topliss-reactive ketones (excluding diaryl/α,β-unsaturated/α-hetero) is 1. The number of anilines is 1. The van der Waals surface area contributed by atoms with Gasteiger partial charge in [0.05, 0.1) is 6.42 Å². The van der Waals surface area contributed by atoms with Crippen molar-refractivity contribution < 1.29 is 27.5 Å². The number of hydrogen-bond donors (Lipinski definition) is 1. The molecule has 0 aromatic heterocycles. The summed E-state index contributed by atoms with van der Waals surface area (Å²) in [6, 6.07) is 4.49. The predicted molar refractivity (Wildman–Crippen MR) is 60.0 cm³/mol. The van der Waals surface area contributed by atoms with Crippen molar-refractivity contribution in [3.63, 3.8) is 0 Å². The quantitative estimate of drug-likeness (QED) is 0.853. The van der Waals surface area contributed by atoms with Gasteiger partial charge in [0, 0.05) is 11.3 Å². The van der Waals surface area contributed by atoms with E-state index in [1.165, 1.54) is 12.1 Å². The number of ether oxygens (including phenoxy) is 1. The number of nitrogens with one attached hydrogen (secondary N) is 1. The van der Waals surface area contributed by atoms with Crippen LogP contribution in [0.4, 0.5) is 18.9 Å². The molecule has 1 N–H and O–H groups in total. The Kier molecular flexibility index (Phi) is 3.57. The van der Waals surface area contributed by atoms with Crippen LogP contribution in [0, 0.1) is 0 Å². The molecule has 1 aromatic rings. The topological polar surface area (TPSA) is 55.4 Å². The molecule has 102 valence electrons. The third kappa shape index (κ3) is 3.54. The van der Waals surface area contributed by atoms with Gasteiger partial charge in [-0.2, -0.15) is 13.2 Å². The number of rotatable bonds is 4. The summed E-state index contributed by atoms with van der Waals surface area (Å²) in [5.74, 6) is -0.723. The van der Waals surface area contributed by atoms with Gasteiger partial charge in [-0.15, -0.1) is 0 Å². The molecule has 1 aliphatic heterocycles. The molecule has 1 heterocycles. The van der Waals surface area contributed by atoms with Gasteiger partial charge in [-0.25, -0.2) is 0 Å². The smallest absolute Gasteiger partial charge is 0.364 e. The Morgan fingerprint density at radius 3 is 2.79 bits per heavy atom. The normalized spacial score (nSPS) is 14.2. The van der Waals surface area contributed by atoms with Crippen molar-refractivity contribution in [2.24, 2.45) is 0 Å². The maximum atomic E-state index is 11.8. The molecule has 7 heteroatoms. The zero-order chi connectivity index (χ0) is 14.0. The zero-order valence-electron chi connectivity index (χ0n) is 9.71. The lowest BCUT2D eigenvalue weighted by Gasteiger charge is -2.07. The molecule has 0 saturated heterocycles. The van der Waals surface area contributed by atoms with Crippen LogP contribution in [0.15, 0.2) is 18.2 Å². The van der Waals surface area contributed by atoms with Crippen LogP contribution in [-0.4, -0.2) is 31.1 Å². The fraction of sp³-hybridized carbons (Fsp3) is 0.333. The molecule has 1 aliphatic rings. The van der Waals surface area contributed by atoms with Crippen molar-refractivity contribution in [2.75, 3.05) is 18.5 Å². The summed E-state index contributed by atoms with van der Waals surface area (Å²) >= 11 is 0. The van der Waals surface area contributed by atoms with Crippen molar-refractivity contribution in [3.05, 3.63) is 29.3 Å². The number of carbonyl (C=O) groups excluding carboxylic acids is 2. The molecule has 0 spiro atoms. The monoisotopic (exact) mass is 273 g/mol. The third-order valence-electron chi connectivity index (χ3n) is 2.55. The molecule has 0 bridgehead atoms. The fourth-order valence-electron chi connectivity index (χ4n) is 1.75. The van der Waals surface area contributed by atoms with Gasteiger partial charge in [0.2, 0.25) is 5.91 Å². The van der Waals surface area contributed by atoms with Gasteiger partial charge < -0.3 is 10.1 Å². The SMILES string of the molecule is O=C1Cc2cc(C(=O)COCC(F)(F)F)ccc2N1. The molecule has 0 atom stereocenters. The first-order chi connectivity index (χ1) is 8.85. The van der Waals surface area contributed by atoms with Crippen molar-refractivity contribution in [3.8, 4) is 0 Å². The highest BCUT2D eigenvalue weighted by atomic mass is 19.4. The molecule has 1 amide bonds. The summed E-state index contributed by atoms with van der Waals surface area (Å²) in [7, 11) is 0. The summed E-state index contributed by atoms with van der Waals surface area (Å²) in [5.41, 5.74) is 1.52. The molecule has 0 radical (unpaired) electrons. The Labute approximate surface area is 106 Å². The van der Waals surface area contributed by atoms with Gasteiger partial charge in [-0.05, 0) is 23.8 Å². The van der Waals surface area contributed by atoms with Crippen LogP contribution in [0.3, 0.4) is 0 Å². The van der Waals surface area contributed by atoms with Gasteiger partial charge in [0.15, 0.2) is 5.78 Å². The lowest BCUT2D eigenvalue weighted by atomic mass is 10.1. The Balaban J connectivity index is 1.97. The second-order valence-electron chi connectivity index (χ2n) is 4.13.